The summed E-state index contributed by atoms with van der Waals surface area (Å²) in [7, 11) is -4.45. The Morgan fingerprint density at radius 1 is 0.508 bits per heavy atom. The molecule has 294 valence electrons. The maximum absolute atomic E-state index is 11.7. The van der Waals surface area contributed by atoms with Crippen LogP contribution in [0.25, 0.3) is 10.8 Å². The maximum Gasteiger partial charge on any atom is 0.296 e. The third-order valence-electron chi connectivity index (χ3n) is 8.87. The number of aromatic hydroxyl groups is 2. The monoisotopic (exact) mass is 805 g/mol. The standard InChI is InChI=1S/C43H35N9O6S/c1-26-21-31(15-19-35(26)46-44-30-16-20-36(27(2)22-30)47-48-37-11-7-8-12-42(37)59(55,56)57)45-50-39-25-41(53)40(23-28(39)3)51-49-38-18-13-29-24-32(14-17-34(29)43(38)54)52-58-33-9-5-4-6-10-33/h4-25,52-54H,1-3H3,(H,55,56,57). The molecule has 0 heterocycles. The number of hydrogen-bond acceptors (Lipinski definition) is 14. The van der Waals surface area contributed by atoms with Gasteiger partial charge in [-0.15, -0.1) is 15.3 Å². The Labute approximate surface area is 338 Å². The van der Waals surface area contributed by atoms with Gasteiger partial charge in [0.15, 0.2) is 11.5 Å². The molecule has 0 aromatic heterocycles. The number of para-hydroxylation sites is 1. The fraction of sp³-hybridized carbons (Fsp3) is 0.0698. The summed E-state index contributed by atoms with van der Waals surface area (Å²) in [5.74, 6) is 0.445. The van der Waals surface area contributed by atoms with E-state index in [1.54, 1.807) is 72.8 Å². The van der Waals surface area contributed by atoms with Crippen LogP contribution in [-0.4, -0.2) is 23.2 Å². The summed E-state index contributed by atoms with van der Waals surface area (Å²) in [6, 6.07) is 37.4. The Morgan fingerprint density at radius 2 is 1.07 bits per heavy atom. The lowest BCUT2D eigenvalue weighted by molar-refractivity contribution is 0.405. The molecule has 0 unspecified atom stereocenters. The number of rotatable bonds is 12. The van der Waals surface area contributed by atoms with Gasteiger partial charge in [-0.3, -0.25) is 4.55 Å². The van der Waals surface area contributed by atoms with Gasteiger partial charge in [0.05, 0.1) is 34.1 Å². The molecule has 0 aliphatic carbocycles. The van der Waals surface area contributed by atoms with E-state index in [2.05, 4.69) is 46.4 Å². The minimum atomic E-state index is -4.45. The highest BCUT2D eigenvalue weighted by Crippen LogP contribution is 2.40. The van der Waals surface area contributed by atoms with Crippen LogP contribution in [0.2, 0.25) is 0 Å². The Bertz CT molecular complexity index is 2940. The van der Waals surface area contributed by atoms with Gasteiger partial charge in [-0.05, 0) is 134 Å². The number of anilines is 1. The number of aryl methyl sites for hydroxylation is 3. The molecule has 7 aromatic rings. The normalized spacial score (nSPS) is 12.1. The van der Waals surface area contributed by atoms with E-state index in [1.165, 1.54) is 24.3 Å². The highest BCUT2D eigenvalue weighted by molar-refractivity contribution is 7.86. The van der Waals surface area contributed by atoms with Crippen LogP contribution in [0, 0.1) is 20.8 Å². The van der Waals surface area contributed by atoms with Crippen molar-refractivity contribution in [3.8, 4) is 17.2 Å². The maximum atomic E-state index is 11.7. The number of benzene rings is 7. The van der Waals surface area contributed by atoms with Crippen LogP contribution in [0.4, 0.5) is 51.2 Å². The number of phenolic OH excluding ortho intramolecular Hbond substituents is 2. The Balaban J connectivity index is 0.989. The third-order valence-corrected chi connectivity index (χ3v) is 9.78. The van der Waals surface area contributed by atoms with Gasteiger partial charge >= 0.3 is 0 Å². The SMILES string of the molecule is Cc1cc(N=Nc2cc(O)c(N=Nc3ccc4cc(NOc5ccccc5)ccc4c3O)cc2C)ccc1N=Nc1ccc(N=Nc2ccccc2S(=O)(=O)O)c(C)c1. The van der Waals surface area contributed by atoms with E-state index >= 15 is 0 Å². The summed E-state index contributed by atoms with van der Waals surface area (Å²) < 4.78 is 32.8. The molecule has 0 aliphatic rings. The van der Waals surface area contributed by atoms with Gasteiger partial charge in [-0.2, -0.15) is 34.0 Å². The van der Waals surface area contributed by atoms with Crippen LogP contribution in [0.5, 0.6) is 17.2 Å². The van der Waals surface area contributed by atoms with Crippen molar-refractivity contribution in [3.63, 3.8) is 0 Å². The highest BCUT2D eigenvalue weighted by atomic mass is 32.2. The van der Waals surface area contributed by atoms with Gasteiger partial charge in [0.2, 0.25) is 0 Å². The Morgan fingerprint density at radius 3 is 1.75 bits per heavy atom. The number of nitrogens with one attached hydrogen (secondary N) is 1. The number of hydrogen-bond donors (Lipinski definition) is 4. The molecule has 0 saturated heterocycles. The van der Waals surface area contributed by atoms with E-state index in [0.29, 0.717) is 50.8 Å². The van der Waals surface area contributed by atoms with Gasteiger partial charge in [0, 0.05) is 11.5 Å². The average Bonchev–Trinajstić information content (AvgIpc) is 3.22. The van der Waals surface area contributed by atoms with Crippen molar-refractivity contribution in [1.82, 2.24) is 0 Å². The van der Waals surface area contributed by atoms with Crippen molar-refractivity contribution in [1.29, 1.82) is 0 Å². The number of fused-ring (bicyclic) bond motifs is 1. The van der Waals surface area contributed by atoms with Crippen LogP contribution in [0.3, 0.4) is 0 Å². The molecule has 0 radical (unpaired) electrons. The van der Waals surface area contributed by atoms with Crippen molar-refractivity contribution in [2.75, 3.05) is 5.48 Å². The van der Waals surface area contributed by atoms with E-state index in [1.807, 2.05) is 57.2 Å². The first kappa shape index (κ1) is 39.5. The van der Waals surface area contributed by atoms with E-state index in [4.69, 9.17) is 4.84 Å². The van der Waals surface area contributed by atoms with Crippen molar-refractivity contribution in [2.45, 2.75) is 25.7 Å². The Hall–Kier alpha value is -7.69. The molecular formula is C43H35N9O6S. The first-order valence-corrected chi connectivity index (χ1v) is 19.4. The largest absolute Gasteiger partial charge is 0.506 e. The third kappa shape index (κ3) is 9.65. The van der Waals surface area contributed by atoms with Gasteiger partial charge < -0.3 is 15.1 Å². The smallest absolute Gasteiger partial charge is 0.296 e. The lowest BCUT2D eigenvalue weighted by Crippen LogP contribution is -2.04. The van der Waals surface area contributed by atoms with Crippen molar-refractivity contribution in [3.05, 3.63) is 150 Å². The van der Waals surface area contributed by atoms with Crippen molar-refractivity contribution < 1.29 is 28.0 Å². The molecule has 7 rings (SSSR count). The predicted octanol–water partition coefficient (Wildman–Crippen LogP) is 13.5. The minimum Gasteiger partial charge on any atom is -0.506 e. The summed E-state index contributed by atoms with van der Waals surface area (Å²) in [5.41, 5.74) is 8.91. The summed E-state index contributed by atoms with van der Waals surface area (Å²) in [6.45, 7) is 5.48. The zero-order valence-corrected chi connectivity index (χ0v) is 32.6. The molecular weight excluding hydrogens is 771 g/mol. The molecule has 7 aromatic carbocycles. The van der Waals surface area contributed by atoms with Crippen LogP contribution in [0.1, 0.15) is 16.7 Å². The zero-order valence-electron chi connectivity index (χ0n) is 31.8. The molecule has 59 heavy (non-hydrogen) atoms. The molecule has 16 heteroatoms. The Kier molecular flexibility index (Phi) is 11.5. The highest BCUT2D eigenvalue weighted by Gasteiger charge is 2.15. The summed E-state index contributed by atoms with van der Waals surface area (Å²) in [6.07, 6.45) is 0. The van der Waals surface area contributed by atoms with Crippen LogP contribution < -0.4 is 10.3 Å². The predicted molar refractivity (Wildman–Crippen MR) is 224 cm³/mol. The molecule has 0 bridgehead atoms. The van der Waals surface area contributed by atoms with E-state index in [0.717, 1.165) is 16.5 Å². The van der Waals surface area contributed by atoms with E-state index in [-0.39, 0.29) is 33.5 Å². The zero-order chi connectivity index (χ0) is 41.5. The first-order chi connectivity index (χ1) is 28.4. The molecule has 0 aliphatic heterocycles. The van der Waals surface area contributed by atoms with Crippen molar-refractivity contribution in [2.24, 2.45) is 40.9 Å². The van der Waals surface area contributed by atoms with Crippen LogP contribution in [-0.2, 0) is 10.1 Å². The number of nitrogens with zero attached hydrogens (tertiary/aromatic N) is 8. The fourth-order valence-electron chi connectivity index (χ4n) is 5.74. The van der Waals surface area contributed by atoms with Gasteiger partial charge in [0.25, 0.3) is 10.1 Å². The summed E-state index contributed by atoms with van der Waals surface area (Å²) in [4.78, 5) is 5.26. The molecule has 0 spiro atoms. The summed E-state index contributed by atoms with van der Waals surface area (Å²) >= 11 is 0. The lowest BCUT2D eigenvalue weighted by Gasteiger charge is -2.10. The minimum absolute atomic E-state index is 0.0152. The molecule has 0 saturated carbocycles. The van der Waals surface area contributed by atoms with Crippen LogP contribution in [0.15, 0.2) is 179 Å². The van der Waals surface area contributed by atoms with Gasteiger partial charge in [-0.1, -0.05) is 36.4 Å². The molecule has 4 N–H and O–H groups in total. The van der Waals surface area contributed by atoms with Crippen molar-refractivity contribution >= 4 is 72.1 Å². The second kappa shape index (κ2) is 17.2. The first-order valence-electron chi connectivity index (χ1n) is 17.9. The second-order valence-corrected chi connectivity index (χ2v) is 14.6. The van der Waals surface area contributed by atoms with E-state index in [9.17, 15) is 23.2 Å². The number of phenols is 2. The fourth-order valence-corrected chi connectivity index (χ4v) is 6.36. The van der Waals surface area contributed by atoms with Crippen LogP contribution >= 0.6 is 0 Å². The molecule has 0 fully saturated rings. The topological polar surface area (TPSA) is 215 Å². The van der Waals surface area contributed by atoms with Gasteiger partial charge in [0.1, 0.15) is 27.7 Å². The average molecular weight is 806 g/mol. The second-order valence-electron chi connectivity index (χ2n) is 13.2. The molecule has 0 amide bonds. The number of azo groups is 4. The lowest BCUT2D eigenvalue weighted by atomic mass is 10.1. The molecule has 0 atom stereocenters. The molecule has 15 nitrogen and oxygen atoms in total. The summed E-state index contributed by atoms with van der Waals surface area (Å²) in [5, 5.41) is 57.1. The van der Waals surface area contributed by atoms with E-state index < -0.39 is 10.1 Å². The quantitative estimate of drug-likeness (QED) is 0.0531. The van der Waals surface area contributed by atoms with Gasteiger partial charge in [-0.25, -0.2) is 5.48 Å².